The molecule has 2 aromatic rings. The van der Waals surface area contributed by atoms with Crippen molar-refractivity contribution in [2.45, 2.75) is 25.7 Å². The normalized spacial score (nSPS) is 16.4. The zero-order chi connectivity index (χ0) is 16.4. The molecule has 1 aromatic carbocycles. The highest BCUT2D eigenvalue weighted by Crippen LogP contribution is 2.39. The molecule has 0 aliphatic carbocycles. The Morgan fingerprint density at radius 3 is 2.74 bits per heavy atom. The minimum absolute atomic E-state index is 0.0573. The molecule has 23 heavy (non-hydrogen) atoms. The van der Waals surface area contributed by atoms with Crippen LogP contribution in [0.2, 0.25) is 0 Å². The lowest BCUT2D eigenvalue weighted by Crippen LogP contribution is -2.28. The summed E-state index contributed by atoms with van der Waals surface area (Å²) < 4.78 is 5.57. The summed E-state index contributed by atoms with van der Waals surface area (Å²) in [6, 6.07) is 13.3. The van der Waals surface area contributed by atoms with E-state index in [2.05, 4.69) is 11.1 Å². The molecule has 0 fully saturated rings. The molecule has 0 radical (unpaired) electrons. The highest BCUT2D eigenvalue weighted by Gasteiger charge is 2.33. The first-order valence-electron chi connectivity index (χ1n) is 7.54. The third-order valence-corrected chi connectivity index (χ3v) is 3.92. The van der Waals surface area contributed by atoms with Crippen molar-refractivity contribution in [1.29, 1.82) is 5.26 Å². The molecule has 0 amide bonds. The fourth-order valence-electron chi connectivity index (χ4n) is 2.92. The number of nitrogens with two attached hydrogens (primary N) is 1. The number of hydrogen-bond acceptors (Lipinski definition) is 4. The summed E-state index contributed by atoms with van der Waals surface area (Å²) in [7, 11) is 0. The van der Waals surface area contributed by atoms with Crippen LogP contribution in [-0.2, 0) is 6.42 Å². The summed E-state index contributed by atoms with van der Waals surface area (Å²) in [5, 5.41) is 9.47. The minimum Gasteiger partial charge on any atom is -0.440 e. The highest BCUT2D eigenvalue weighted by atomic mass is 16.5. The molecule has 5 nitrogen and oxygen atoms in total. The fraction of sp³-hybridized carbons (Fsp3) is 0.222. The molecule has 1 aliphatic rings. The number of allylic oxidation sites excluding steroid dienone is 1. The summed E-state index contributed by atoms with van der Waals surface area (Å²) in [6.45, 7) is 2.04. The number of aromatic amines is 1. The Bertz CT molecular complexity index is 860. The Morgan fingerprint density at radius 2 is 2.09 bits per heavy atom. The van der Waals surface area contributed by atoms with Crippen molar-refractivity contribution in [2.75, 3.05) is 0 Å². The number of aromatic nitrogens is 1. The topological polar surface area (TPSA) is 91.9 Å². The molecule has 0 spiro atoms. The number of H-pyrrole nitrogens is 1. The number of nitrogens with zero attached hydrogens (tertiary/aromatic N) is 1. The lowest BCUT2D eigenvalue weighted by molar-refractivity contribution is 0.391. The number of hydrogen-bond donors (Lipinski definition) is 2. The molecule has 1 aromatic heterocycles. The molecule has 3 rings (SSSR count). The Balaban J connectivity index is 2.24. The van der Waals surface area contributed by atoms with E-state index in [1.165, 1.54) is 0 Å². The van der Waals surface area contributed by atoms with E-state index in [0.29, 0.717) is 11.3 Å². The molecule has 2 heterocycles. The van der Waals surface area contributed by atoms with Gasteiger partial charge in [0.05, 0.1) is 11.5 Å². The van der Waals surface area contributed by atoms with E-state index in [4.69, 9.17) is 10.5 Å². The van der Waals surface area contributed by atoms with Gasteiger partial charge in [0.2, 0.25) is 5.88 Å². The van der Waals surface area contributed by atoms with E-state index in [-0.39, 0.29) is 17.0 Å². The van der Waals surface area contributed by atoms with Crippen molar-refractivity contribution in [3.8, 4) is 11.8 Å². The number of nitriles is 1. The average Bonchev–Trinajstić information content (AvgIpc) is 2.54. The van der Waals surface area contributed by atoms with Crippen molar-refractivity contribution in [3.63, 3.8) is 0 Å². The molecule has 1 atom stereocenters. The van der Waals surface area contributed by atoms with E-state index < -0.39 is 5.92 Å². The second-order valence-corrected chi connectivity index (χ2v) is 5.49. The fourth-order valence-corrected chi connectivity index (χ4v) is 2.92. The molecule has 5 heteroatoms. The summed E-state index contributed by atoms with van der Waals surface area (Å²) in [5.41, 5.74) is 8.03. The summed E-state index contributed by atoms with van der Waals surface area (Å²) in [5.74, 6) is -0.0196. The number of nitrogens with one attached hydrogen (secondary N) is 1. The quantitative estimate of drug-likeness (QED) is 0.911. The molecule has 0 bridgehead atoms. The maximum atomic E-state index is 12.6. The van der Waals surface area contributed by atoms with E-state index in [0.717, 1.165) is 24.1 Å². The predicted molar refractivity (Wildman–Crippen MR) is 86.8 cm³/mol. The van der Waals surface area contributed by atoms with Crippen molar-refractivity contribution in [2.24, 2.45) is 5.73 Å². The third kappa shape index (κ3) is 2.59. The van der Waals surface area contributed by atoms with Crippen molar-refractivity contribution < 1.29 is 4.74 Å². The van der Waals surface area contributed by atoms with Gasteiger partial charge in [-0.2, -0.15) is 5.26 Å². The second-order valence-electron chi connectivity index (χ2n) is 5.49. The van der Waals surface area contributed by atoms with Crippen molar-refractivity contribution >= 4 is 0 Å². The van der Waals surface area contributed by atoms with Gasteiger partial charge in [-0.25, -0.2) is 0 Å². The van der Waals surface area contributed by atoms with Crippen LogP contribution >= 0.6 is 0 Å². The first-order valence-corrected chi connectivity index (χ1v) is 7.54. The van der Waals surface area contributed by atoms with Crippen LogP contribution in [0.4, 0.5) is 0 Å². The molecule has 0 saturated heterocycles. The minimum atomic E-state index is -0.510. The zero-order valence-electron chi connectivity index (χ0n) is 12.8. The number of aryl methyl sites for hydroxylation is 1. The van der Waals surface area contributed by atoms with Gasteiger partial charge < -0.3 is 15.5 Å². The lowest BCUT2D eigenvalue weighted by Gasteiger charge is -2.26. The van der Waals surface area contributed by atoms with Crippen molar-refractivity contribution in [3.05, 3.63) is 75.0 Å². The lowest BCUT2D eigenvalue weighted by atomic mass is 9.84. The summed E-state index contributed by atoms with van der Waals surface area (Å²) in [4.78, 5) is 15.5. The third-order valence-electron chi connectivity index (χ3n) is 3.92. The number of fused-ring (bicyclic) bond motifs is 1. The van der Waals surface area contributed by atoms with Gasteiger partial charge in [-0.1, -0.05) is 43.7 Å². The van der Waals surface area contributed by atoms with Crippen LogP contribution in [0, 0.1) is 11.3 Å². The van der Waals surface area contributed by atoms with Crippen LogP contribution in [0.5, 0.6) is 5.75 Å². The number of benzene rings is 1. The number of ether oxygens (including phenoxy) is 1. The van der Waals surface area contributed by atoms with Crippen LogP contribution in [0.25, 0.3) is 0 Å². The summed E-state index contributed by atoms with van der Waals surface area (Å²) >= 11 is 0. The summed E-state index contributed by atoms with van der Waals surface area (Å²) in [6.07, 6.45) is 1.65. The highest BCUT2D eigenvalue weighted by molar-refractivity contribution is 5.54. The van der Waals surface area contributed by atoms with Crippen LogP contribution in [0.3, 0.4) is 0 Å². The standard InChI is InChI=1S/C18H17N3O2/c1-2-6-12-9-14-16(18(22)21-12)15(11-7-4-3-5-8-11)13(10-19)17(20)23-14/h3-5,7-9,15H,2,6,20H2,1H3,(H,21,22). The second kappa shape index (κ2) is 6.01. The molecule has 1 aliphatic heterocycles. The molecule has 3 N–H and O–H groups in total. The largest absolute Gasteiger partial charge is 0.440 e. The Labute approximate surface area is 134 Å². The Hall–Kier alpha value is -3.00. The Kier molecular flexibility index (Phi) is 3.90. The van der Waals surface area contributed by atoms with E-state index in [1.54, 1.807) is 6.07 Å². The van der Waals surface area contributed by atoms with E-state index >= 15 is 0 Å². The van der Waals surface area contributed by atoms with Gasteiger partial charge in [0.25, 0.3) is 5.56 Å². The number of pyridine rings is 1. The SMILES string of the molecule is CCCc1cc2c(c(=O)[nH]1)C(c1ccccc1)C(C#N)=C(N)O2. The van der Waals surface area contributed by atoms with Crippen LogP contribution in [0.1, 0.15) is 36.1 Å². The van der Waals surface area contributed by atoms with Gasteiger partial charge in [-0.05, 0) is 12.0 Å². The molecular formula is C18H17N3O2. The van der Waals surface area contributed by atoms with Crippen LogP contribution < -0.4 is 16.0 Å². The van der Waals surface area contributed by atoms with Gasteiger partial charge in [0.15, 0.2) is 0 Å². The zero-order valence-corrected chi connectivity index (χ0v) is 12.8. The predicted octanol–water partition coefficient (Wildman–Crippen LogP) is 2.55. The van der Waals surface area contributed by atoms with Gasteiger partial charge in [-0.3, -0.25) is 4.79 Å². The van der Waals surface area contributed by atoms with E-state index in [1.807, 2.05) is 37.3 Å². The van der Waals surface area contributed by atoms with Gasteiger partial charge in [0.1, 0.15) is 17.4 Å². The van der Waals surface area contributed by atoms with Crippen LogP contribution in [-0.4, -0.2) is 4.98 Å². The molecular weight excluding hydrogens is 290 g/mol. The smallest absolute Gasteiger partial charge is 0.256 e. The Morgan fingerprint density at radius 1 is 1.35 bits per heavy atom. The maximum absolute atomic E-state index is 12.6. The van der Waals surface area contributed by atoms with Gasteiger partial charge in [-0.15, -0.1) is 0 Å². The van der Waals surface area contributed by atoms with Gasteiger partial charge in [0, 0.05) is 11.8 Å². The van der Waals surface area contributed by atoms with Gasteiger partial charge >= 0.3 is 0 Å². The first kappa shape index (κ1) is 14.9. The van der Waals surface area contributed by atoms with Crippen molar-refractivity contribution in [1.82, 2.24) is 4.98 Å². The first-order chi connectivity index (χ1) is 11.2. The molecule has 116 valence electrons. The van der Waals surface area contributed by atoms with E-state index in [9.17, 15) is 10.1 Å². The number of rotatable bonds is 3. The molecule has 0 saturated carbocycles. The maximum Gasteiger partial charge on any atom is 0.256 e. The van der Waals surface area contributed by atoms with Crippen LogP contribution in [0.15, 0.2) is 52.6 Å². The average molecular weight is 307 g/mol. The monoisotopic (exact) mass is 307 g/mol. The molecule has 1 unspecified atom stereocenters.